The Morgan fingerprint density at radius 1 is 1.05 bits per heavy atom. The van der Waals surface area contributed by atoms with E-state index >= 15 is 0 Å². The molecule has 5 rings (SSSR count). The Morgan fingerprint density at radius 2 is 1.76 bits per heavy atom. The zero-order valence-corrected chi connectivity index (χ0v) is 25.7. The number of hydrogen-bond donors (Lipinski definition) is 0. The molecule has 0 saturated heterocycles. The summed E-state index contributed by atoms with van der Waals surface area (Å²) in [6.07, 6.45) is 0.458. The Hall–Kier alpha value is -3.02. The highest BCUT2D eigenvalue weighted by molar-refractivity contribution is 7.89. The minimum absolute atomic E-state index is 0.155. The van der Waals surface area contributed by atoms with Gasteiger partial charge < -0.3 is 4.74 Å². The van der Waals surface area contributed by atoms with Crippen LogP contribution in [0.15, 0.2) is 76.0 Å². The van der Waals surface area contributed by atoms with Gasteiger partial charge in [0.25, 0.3) is 0 Å². The molecule has 7 nitrogen and oxygen atoms in total. The van der Waals surface area contributed by atoms with E-state index in [9.17, 15) is 12.8 Å². The number of halogens is 3. The van der Waals surface area contributed by atoms with Crippen LogP contribution in [0.5, 0.6) is 5.75 Å². The van der Waals surface area contributed by atoms with Gasteiger partial charge in [-0.2, -0.15) is 9.41 Å². The van der Waals surface area contributed by atoms with Crippen molar-refractivity contribution in [2.45, 2.75) is 31.2 Å². The molecule has 0 fully saturated rings. The Labute approximate surface area is 252 Å². The predicted octanol–water partition coefficient (Wildman–Crippen LogP) is 7.65. The van der Waals surface area contributed by atoms with E-state index in [1.165, 1.54) is 28.8 Å². The fourth-order valence-electron chi connectivity index (χ4n) is 4.73. The molecule has 4 aromatic rings. The third kappa shape index (κ3) is 5.85. The van der Waals surface area contributed by atoms with Gasteiger partial charge in [-0.1, -0.05) is 55.2 Å². The van der Waals surface area contributed by atoms with Crippen molar-refractivity contribution >= 4 is 55.4 Å². The highest BCUT2D eigenvalue weighted by atomic mass is 35.5. The van der Waals surface area contributed by atoms with E-state index in [4.69, 9.17) is 38.0 Å². The summed E-state index contributed by atoms with van der Waals surface area (Å²) in [4.78, 5) is 5.07. The third-order valence-electron chi connectivity index (χ3n) is 6.90. The van der Waals surface area contributed by atoms with E-state index in [0.29, 0.717) is 51.7 Å². The highest BCUT2D eigenvalue weighted by Crippen LogP contribution is 2.42. The van der Waals surface area contributed by atoms with Crippen LogP contribution in [0.2, 0.25) is 10.0 Å². The summed E-state index contributed by atoms with van der Waals surface area (Å²) >= 11 is 14.2. The molecule has 1 aliphatic rings. The van der Waals surface area contributed by atoms with Crippen LogP contribution in [0.3, 0.4) is 0 Å². The van der Waals surface area contributed by atoms with Crippen LogP contribution in [0.1, 0.15) is 37.4 Å². The topological polar surface area (TPSA) is 75.1 Å². The van der Waals surface area contributed by atoms with Crippen molar-refractivity contribution in [1.29, 1.82) is 0 Å². The van der Waals surface area contributed by atoms with Gasteiger partial charge in [-0.25, -0.2) is 22.8 Å². The van der Waals surface area contributed by atoms with Gasteiger partial charge in [-0.3, -0.25) is 0 Å². The molecule has 0 aliphatic carbocycles. The molecular weight excluding hydrogens is 606 g/mol. The SMILES string of the molecule is CCN(CC)S(=O)(=O)c1ccc(-c2csc(N3N=C(c4ccc(OC)c(F)c4)CC3c3ccc(Cl)cc3Cl)n2)cc1. The van der Waals surface area contributed by atoms with Crippen molar-refractivity contribution in [1.82, 2.24) is 9.29 Å². The largest absolute Gasteiger partial charge is 0.494 e. The van der Waals surface area contributed by atoms with Crippen molar-refractivity contribution in [3.63, 3.8) is 0 Å². The van der Waals surface area contributed by atoms with Gasteiger partial charge in [-0.15, -0.1) is 11.3 Å². The Kier molecular flexibility index (Phi) is 8.68. The number of sulfonamides is 1. The number of rotatable bonds is 9. The number of ether oxygens (including phenoxy) is 1. The third-order valence-corrected chi connectivity index (χ3v) is 10.4. The fourth-order valence-corrected chi connectivity index (χ4v) is 7.56. The summed E-state index contributed by atoms with van der Waals surface area (Å²) in [6, 6.07) is 16.5. The van der Waals surface area contributed by atoms with E-state index in [0.717, 1.165) is 11.1 Å². The molecule has 0 bridgehead atoms. The van der Waals surface area contributed by atoms with Gasteiger partial charge in [0, 0.05) is 46.1 Å². The first-order valence-corrected chi connectivity index (χ1v) is 16.0. The van der Waals surface area contributed by atoms with Crippen molar-refractivity contribution in [2.75, 3.05) is 25.2 Å². The van der Waals surface area contributed by atoms with E-state index < -0.39 is 15.8 Å². The molecule has 0 saturated carbocycles. The van der Waals surface area contributed by atoms with Crippen LogP contribution in [0.25, 0.3) is 11.3 Å². The molecule has 0 N–H and O–H groups in total. The number of benzene rings is 3. The lowest BCUT2D eigenvalue weighted by atomic mass is 9.98. The molecule has 0 amide bonds. The van der Waals surface area contributed by atoms with E-state index in [1.54, 1.807) is 53.5 Å². The van der Waals surface area contributed by atoms with Gasteiger partial charge in [0.15, 0.2) is 11.6 Å². The number of thiazole rings is 1. The van der Waals surface area contributed by atoms with E-state index in [1.807, 2.05) is 25.3 Å². The Bertz CT molecular complexity index is 1710. The summed E-state index contributed by atoms with van der Waals surface area (Å²) in [5.41, 5.74) is 3.56. The molecule has 1 atom stereocenters. The minimum atomic E-state index is -3.56. The molecule has 0 spiro atoms. The fraction of sp³-hybridized carbons (Fsp3) is 0.241. The number of nitrogens with zero attached hydrogens (tertiary/aromatic N) is 4. The lowest BCUT2D eigenvalue weighted by Gasteiger charge is -2.22. The maximum Gasteiger partial charge on any atom is 0.243 e. The molecule has 1 aromatic heterocycles. The molecule has 3 aromatic carbocycles. The summed E-state index contributed by atoms with van der Waals surface area (Å²) in [7, 11) is -2.14. The standard InChI is InChI=1S/C29H27Cl2FN4O3S2/c1-4-35(5-2)41(37,38)21-10-6-18(7-11-21)26-17-40-29(33-26)36-27(22-12-9-20(30)15-23(22)31)16-25(34-36)19-8-13-28(39-3)24(32)14-19/h6-15,17,27H,4-5,16H2,1-3H3. The van der Waals surface area contributed by atoms with Gasteiger partial charge in [-0.05, 0) is 48.0 Å². The molecule has 1 unspecified atom stereocenters. The first-order valence-electron chi connectivity index (χ1n) is 12.9. The average Bonchev–Trinajstić information content (AvgIpc) is 3.62. The molecule has 214 valence electrons. The second kappa shape index (κ2) is 12.1. The van der Waals surface area contributed by atoms with Crippen LogP contribution < -0.4 is 9.75 Å². The molecule has 0 radical (unpaired) electrons. The van der Waals surface area contributed by atoms with Crippen LogP contribution >= 0.6 is 34.5 Å². The normalized spacial score (nSPS) is 15.4. The first-order chi connectivity index (χ1) is 19.7. The molecular formula is C29H27Cl2FN4O3S2. The smallest absolute Gasteiger partial charge is 0.243 e. The minimum Gasteiger partial charge on any atom is -0.494 e. The van der Waals surface area contributed by atoms with Crippen molar-refractivity contribution in [2.24, 2.45) is 5.10 Å². The number of hydrogen-bond acceptors (Lipinski definition) is 7. The zero-order valence-electron chi connectivity index (χ0n) is 22.5. The van der Waals surface area contributed by atoms with Gasteiger partial charge >= 0.3 is 0 Å². The summed E-state index contributed by atoms with van der Waals surface area (Å²) in [5, 5.41) is 10.2. The number of anilines is 1. The maximum atomic E-state index is 14.6. The number of methoxy groups -OCH3 is 1. The van der Waals surface area contributed by atoms with Gasteiger partial charge in [0.2, 0.25) is 15.2 Å². The first kappa shape index (κ1) is 29.5. The lowest BCUT2D eigenvalue weighted by molar-refractivity contribution is 0.386. The monoisotopic (exact) mass is 632 g/mol. The van der Waals surface area contributed by atoms with Crippen LogP contribution in [0, 0.1) is 5.82 Å². The van der Waals surface area contributed by atoms with Gasteiger partial charge in [0.1, 0.15) is 0 Å². The highest BCUT2D eigenvalue weighted by Gasteiger charge is 2.33. The van der Waals surface area contributed by atoms with Crippen LogP contribution in [-0.2, 0) is 10.0 Å². The number of aromatic nitrogens is 1. The summed E-state index contributed by atoms with van der Waals surface area (Å²) < 4.78 is 46.8. The summed E-state index contributed by atoms with van der Waals surface area (Å²) in [6.45, 7) is 4.43. The molecule has 41 heavy (non-hydrogen) atoms. The van der Waals surface area contributed by atoms with Crippen LogP contribution in [0.4, 0.5) is 9.52 Å². The average molecular weight is 634 g/mol. The molecule has 12 heteroatoms. The van der Waals surface area contributed by atoms with E-state index in [2.05, 4.69) is 0 Å². The quantitative estimate of drug-likeness (QED) is 0.189. The second-order valence-electron chi connectivity index (χ2n) is 9.26. The zero-order chi connectivity index (χ0) is 29.3. The van der Waals surface area contributed by atoms with Gasteiger partial charge in [0.05, 0.1) is 29.5 Å². The van der Waals surface area contributed by atoms with E-state index in [-0.39, 0.29) is 16.7 Å². The predicted molar refractivity (Wildman–Crippen MR) is 163 cm³/mol. The van der Waals surface area contributed by atoms with Crippen molar-refractivity contribution in [3.8, 4) is 17.0 Å². The van der Waals surface area contributed by atoms with Crippen LogP contribution in [-0.4, -0.2) is 43.6 Å². The number of hydrazone groups is 1. The molecule has 1 aliphatic heterocycles. The Morgan fingerprint density at radius 3 is 2.39 bits per heavy atom. The lowest BCUT2D eigenvalue weighted by Crippen LogP contribution is -2.30. The second-order valence-corrected chi connectivity index (χ2v) is 12.9. The Balaban J connectivity index is 1.50. The maximum absolute atomic E-state index is 14.6. The van der Waals surface area contributed by atoms with Crippen molar-refractivity contribution < 1.29 is 17.5 Å². The van der Waals surface area contributed by atoms with Crippen molar-refractivity contribution in [3.05, 3.63) is 93.0 Å². The molecule has 2 heterocycles. The summed E-state index contributed by atoms with van der Waals surface area (Å²) in [5.74, 6) is -0.322.